The standard InChI is InChI=1S/C21H22N6O4/c1-25-17(11-18(28)26(2)21(25)30)19(29)27-9-5-16(6-10-27)31-20-23-12-15(13-24-20)14-3-7-22-8-4-14/h3-4,7-8,11-13,16H,5-6,9-10H2,1-2H3. The van der Waals surface area contributed by atoms with Crippen LogP contribution in [-0.2, 0) is 14.1 Å². The van der Waals surface area contributed by atoms with Gasteiger partial charge in [0.05, 0.1) is 0 Å². The van der Waals surface area contributed by atoms with E-state index < -0.39 is 11.2 Å². The van der Waals surface area contributed by atoms with Gasteiger partial charge in [-0.2, -0.15) is 0 Å². The zero-order chi connectivity index (χ0) is 22.0. The van der Waals surface area contributed by atoms with E-state index in [9.17, 15) is 14.4 Å². The molecule has 10 heteroatoms. The number of nitrogens with zero attached hydrogens (tertiary/aromatic N) is 6. The summed E-state index contributed by atoms with van der Waals surface area (Å²) in [5.41, 5.74) is 0.897. The van der Waals surface area contributed by atoms with Gasteiger partial charge in [0, 0.05) is 76.4 Å². The van der Waals surface area contributed by atoms with Gasteiger partial charge in [-0.15, -0.1) is 0 Å². The number of carbonyl (C=O) groups is 1. The van der Waals surface area contributed by atoms with Crippen LogP contribution in [0.2, 0.25) is 0 Å². The molecule has 4 rings (SSSR count). The monoisotopic (exact) mass is 422 g/mol. The third kappa shape index (κ3) is 4.23. The van der Waals surface area contributed by atoms with Crippen LogP contribution in [-0.4, -0.2) is 54.1 Å². The fraction of sp³-hybridized carbons (Fsp3) is 0.333. The van der Waals surface area contributed by atoms with Crippen molar-refractivity contribution in [1.82, 2.24) is 29.0 Å². The third-order valence-electron chi connectivity index (χ3n) is 5.39. The van der Waals surface area contributed by atoms with Crippen molar-refractivity contribution < 1.29 is 9.53 Å². The Morgan fingerprint density at radius 2 is 1.65 bits per heavy atom. The Bertz CT molecular complexity index is 1200. The van der Waals surface area contributed by atoms with Crippen molar-refractivity contribution in [3.05, 3.63) is 69.5 Å². The zero-order valence-electron chi connectivity index (χ0n) is 17.3. The summed E-state index contributed by atoms with van der Waals surface area (Å²) in [5, 5.41) is 0. The van der Waals surface area contributed by atoms with Gasteiger partial charge in [0.25, 0.3) is 11.5 Å². The van der Waals surface area contributed by atoms with Crippen LogP contribution in [0, 0.1) is 0 Å². The molecule has 0 radical (unpaired) electrons. The van der Waals surface area contributed by atoms with Crippen molar-refractivity contribution in [2.45, 2.75) is 18.9 Å². The minimum absolute atomic E-state index is 0.0857. The van der Waals surface area contributed by atoms with Gasteiger partial charge in [-0.05, 0) is 17.7 Å². The molecule has 0 saturated carbocycles. The Hall–Kier alpha value is -3.82. The average Bonchev–Trinajstić information content (AvgIpc) is 2.81. The van der Waals surface area contributed by atoms with E-state index in [-0.39, 0.29) is 23.7 Å². The number of piperidine rings is 1. The first kappa shape index (κ1) is 20.5. The molecule has 0 spiro atoms. The van der Waals surface area contributed by atoms with Crippen molar-refractivity contribution in [2.75, 3.05) is 13.1 Å². The Morgan fingerprint density at radius 3 is 2.29 bits per heavy atom. The van der Waals surface area contributed by atoms with Crippen molar-refractivity contribution in [1.29, 1.82) is 0 Å². The van der Waals surface area contributed by atoms with Crippen molar-refractivity contribution in [3.8, 4) is 17.1 Å². The van der Waals surface area contributed by atoms with Crippen LogP contribution < -0.4 is 16.0 Å². The lowest BCUT2D eigenvalue weighted by Gasteiger charge is -2.32. The first-order valence-electron chi connectivity index (χ1n) is 9.89. The normalized spacial score (nSPS) is 14.5. The SMILES string of the molecule is Cn1c(C(=O)N2CCC(Oc3ncc(-c4ccncc4)cn3)CC2)cc(=O)n(C)c1=O. The molecule has 1 saturated heterocycles. The summed E-state index contributed by atoms with van der Waals surface area (Å²) in [6.45, 7) is 0.893. The highest BCUT2D eigenvalue weighted by Crippen LogP contribution is 2.20. The first-order valence-corrected chi connectivity index (χ1v) is 9.89. The number of ether oxygens (including phenoxy) is 1. The van der Waals surface area contributed by atoms with E-state index in [0.29, 0.717) is 25.9 Å². The van der Waals surface area contributed by atoms with E-state index in [0.717, 1.165) is 15.7 Å². The highest BCUT2D eigenvalue weighted by atomic mass is 16.5. The number of likely N-dealkylation sites (tertiary alicyclic amines) is 1. The Labute approximate surface area is 177 Å². The quantitative estimate of drug-likeness (QED) is 0.606. The highest BCUT2D eigenvalue weighted by Gasteiger charge is 2.27. The highest BCUT2D eigenvalue weighted by molar-refractivity contribution is 5.92. The fourth-order valence-electron chi connectivity index (χ4n) is 3.50. The third-order valence-corrected chi connectivity index (χ3v) is 5.39. The number of hydrogen-bond donors (Lipinski definition) is 0. The van der Waals surface area contributed by atoms with Crippen LogP contribution in [0.15, 0.2) is 52.6 Å². The maximum atomic E-state index is 12.8. The Morgan fingerprint density at radius 1 is 1.00 bits per heavy atom. The predicted molar refractivity (Wildman–Crippen MR) is 112 cm³/mol. The molecule has 0 bridgehead atoms. The molecule has 31 heavy (non-hydrogen) atoms. The van der Waals surface area contributed by atoms with Crippen molar-refractivity contribution in [2.24, 2.45) is 14.1 Å². The molecular weight excluding hydrogens is 400 g/mol. The molecule has 0 unspecified atom stereocenters. The van der Waals surface area contributed by atoms with Gasteiger partial charge in [-0.1, -0.05) is 0 Å². The fourth-order valence-corrected chi connectivity index (χ4v) is 3.50. The molecule has 10 nitrogen and oxygen atoms in total. The molecule has 1 amide bonds. The van der Waals surface area contributed by atoms with Crippen LogP contribution in [0.4, 0.5) is 0 Å². The molecular formula is C21H22N6O4. The van der Waals surface area contributed by atoms with Crippen LogP contribution in [0.5, 0.6) is 6.01 Å². The number of aromatic nitrogens is 5. The van der Waals surface area contributed by atoms with Gasteiger partial charge in [0.1, 0.15) is 11.8 Å². The number of carbonyl (C=O) groups excluding carboxylic acids is 1. The smallest absolute Gasteiger partial charge is 0.331 e. The minimum atomic E-state index is -0.526. The summed E-state index contributed by atoms with van der Waals surface area (Å²) in [6, 6.07) is 5.25. The summed E-state index contributed by atoms with van der Waals surface area (Å²) in [4.78, 5) is 51.0. The average molecular weight is 422 g/mol. The van der Waals surface area contributed by atoms with Crippen LogP contribution in [0.3, 0.4) is 0 Å². The molecule has 0 atom stereocenters. The van der Waals surface area contributed by atoms with Crippen LogP contribution in [0.25, 0.3) is 11.1 Å². The van der Waals surface area contributed by atoms with Gasteiger partial charge in [0.15, 0.2) is 0 Å². The molecule has 3 aromatic heterocycles. The lowest BCUT2D eigenvalue weighted by atomic mass is 10.1. The van der Waals surface area contributed by atoms with Crippen LogP contribution >= 0.6 is 0 Å². The van der Waals surface area contributed by atoms with Crippen LogP contribution in [0.1, 0.15) is 23.3 Å². The molecule has 0 aromatic carbocycles. The Balaban J connectivity index is 1.37. The second kappa shape index (κ2) is 8.50. The van der Waals surface area contributed by atoms with Gasteiger partial charge in [-0.25, -0.2) is 14.8 Å². The maximum absolute atomic E-state index is 12.8. The number of hydrogen-bond acceptors (Lipinski definition) is 7. The summed E-state index contributed by atoms with van der Waals surface area (Å²) in [5.74, 6) is -0.339. The number of amides is 1. The topological polar surface area (TPSA) is 112 Å². The lowest BCUT2D eigenvalue weighted by Crippen LogP contribution is -2.46. The van der Waals surface area contributed by atoms with E-state index >= 15 is 0 Å². The molecule has 4 heterocycles. The molecule has 160 valence electrons. The summed E-state index contributed by atoms with van der Waals surface area (Å²) in [7, 11) is 2.87. The first-order chi connectivity index (χ1) is 14.9. The summed E-state index contributed by atoms with van der Waals surface area (Å²) < 4.78 is 8.04. The lowest BCUT2D eigenvalue weighted by molar-refractivity contribution is 0.0568. The second-order valence-corrected chi connectivity index (χ2v) is 7.37. The van der Waals surface area contributed by atoms with E-state index in [1.54, 1.807) is 29.7 Å². The summed E-state index contributed by atoms with van der Waals surface area (Å²) in [6.07, 6.45) is 7.89. The number of pyridine rings is 1. The van der Waals surface area contributed by atoms with Gasteiger partial charge in [0.2, 0.25) is 0 Å². The largest absolute Gasteiger partial charge is 0.460 e. The van der Waals surface area contributed by atoms with Gasteiger partial charge >= 0.3 is 11.7 Å². The van der Waals surface area contributed by atoms with Gasteiger partial charge < -0.3 is 9.64 Å². The van der Waals surface area contributed by atoms with E-state index in [1.165, 1.54) is 24.7 Å². The predicted octanol–water partition coefficient (Wildman–Crippen LogP) is 0.620. The van der Waals surface area contributed by atoms with E-state index in [4.69, 9.17) is 4.74 Å². The van der Waals surface area contributed by atoms with Crippen molar-refractivity contribution in [3.63, 3.8) is 0 Å². The molecule has 0 aliphatic carbocycles. The molecule has 1 aliphatic heterocycles. The number of rotatable bonds is 4. The van der Waals surface area contributed by atoms with Crippen molar-refractivity contribution >= 4 is 5.91 Å². The van der Waals surface area contributed by atoms with Gasteiger partial charge in [-0.3, -0.25) is 23.7 Å². The second-order valence-electron chi connectivity index (χ2n) is 7.37. The summed E-state index contributed by atoms with van der Waals surface area (Å²) >= 11 is 0. The maximum Gasteiger partial charge on any atom is 0.331 e. The van der Waals surface area contributed by atoms with E-state index in [1.807, 2.05) is 12.1 Å². The zero-order valence-corrected chi connectivity index (χ0v) is 17.3. The molecule has 1 aliphatic rings. The molecule has 1 fully saturated rings. The van der Waals surface area contributed by atoms with E-state index in [2.05, 4.69) is 15.0 Å². The molecule has 0 N–H and O–H groups in total. The molecule has 3 aromatic rings. The minimum Gasteiger partial charge on any atom is -0.460 e. The Kier molecular flexibility index (Phi) is 5.61.